The molecule has 11 heteroatoms. The van der Waals surface area contributed by atoms with Gasteiger partial charge in [0.15, 0.2) is 5.65 Å². The third kappa shape index (κ3) is 4.33. The molecule has 2 N–H and O–H groups in total. The summed E-state index contributed by atoms with van der Waals surface area (Å²) in [6.45, 7) is 1.94. The summed E-state index contributed by atoms with van der Waals surface area (Å²) >= 11 is 0. The highest BCUT2D eigenvalue weighted by atomic mass is 32.2. The van der Waals surface area contributed by atoms with Crippen LogP contribution in [0.1, 0.15) is 5.69 Å². The largest absolute Gasteiger partial charge is 0.322 e. The molecule has 0 saturated carbocycles. The van der Waals surface area contributed by atoms with E-state index >= 15 is 0 Å². The number of anilines is 3. The van der Waals surface area contributed by atoms with Crippen molar-refractivity contribution < 1.29 is 8.42 Å². The van der Waals surface area contributed by atoms with Crippen LogP contribution in [0.15, 0.2) is 67.1 Å². The Balaban J connectivity index is 1.61. The maximum absolute atomic E-state index is 11.7. The van der Waals surface area contributed by atoms with Crippen LogP contribution in [0.4, 0.5) is 17.3 Å². The molecule has 0 bridgehead atoms. The van der Waals surface area contributed by atoms with Gasteiger partial charge in [0.1, 0.15) is 12.0 Å². The van der Waals surface area contributed by atoms with E-state index in [1.54, 1.807) is 22.7 Å². The van der Waals surface area contributed by atoms with Gasteiger partial charge in [-0.1, -0.05) is 12.1 Å². The van der Waals surface area contributed by atoms with Crippen molar-refractivity contribution in [3.05, 3.63) is 72.8 Å². The monoisotopic (exact) mass is 474 g/mol. The Morgan fingerprint density at radius 3 is 2.68 bits per heavy atom. The number of pyridine rings is 2. The van der Waals surface area contributed by atoms with E-state index in [0.29, 0.717) is 17.3 Å². The molecule has 0 spiro atoms. The Bertz CT molecular complexity index is 1610. The number of nitrogens with one attached hydrogen (secondary N) is 2. The van der Waals surface area contributed by atoms with Gasteiger partial charge in [0.2, 0.25) is 16.0 Å². The average molecular weight is 475 g/mol. The van der Waals surface area contributed by atoms with E-state index in [-0.39, 0.29) is 0 Å². The van der Waals surface area contributed by atoms with Crippen LogP contribution in [-0.4, -0.2) is 51.3 Å². The van der Waals surface area contributed by atoms with Gasteiger partial charge in [-0.15, -0.1) is 0 Å². The number of aromatic amines is 1. The third-order valence-electron chi connectivity index (χ3n) is 5.24. The maximum Gasteiger partial charge on any atom is 0.229 e. The molecule has 0 aliphatic heterocycles. The van der Waals surface area contributed by atoms with Gasteiger partial charge in [-0.3, -0.25) is 9.71 Å². The van der Waals surface area contributed by atoms with Gasteiger partial charge in [0.05, 0.1) is 23.3 Å². The van der Waals surface area contributed by atoms with E-state index in [1.165, 1.54) is 6.33 Å². The standard InChI is InChI=1S/C23H22N8O2S/c1-15-6-4-9-19(26-15)22-21(16-10-11-20-24-14-25-31(20)13-16)27-23(28-22)30(2)18-8-5-7-17(12-18)29-34(3,32)33/h4-14,29H,1-3H3,(H,27,28). The molecule has 34 heavy (non-hydrogen) atoms. The van der Waals surface area contributed by atoms with Gasteiger partial charge in [0.25, 0.3) is 0 Å². The normalized spacial score (nSPS) is 11.6. The highest BCUT2D eigenvalue weighted by Gasteiger charge is 2.19. The molecule has 5 aromatic rings. The lowest BCUT2D eigenvalue weighted by Gasteiger charge is -2.17. The topological polar surface area (TPSA) is 121 Å². The number of sulfonamides is 1. The second kappa shape index (κ2) is 8.27. The summed E-state index contributed by atoms with van der Waals surface area (Å²) in [6.07, 6.45) is 4.50. The highest BCUT2D eigenvalue weighted by molar-refractivity contribution is 7.92. The Morgan fingerprint density at radius 2 is 1.88 bits per heavy atom. The van der Waals surface area contributed by atoms with Crippen molar-refractivity contribution in [2.45, 2.75) is 6.92 Å². The lowest BCUT2D eigenvalue weighted by molar-refractivity contribution is 0.607. The SMILES string of the molecule is Cc1cccc(-c2[nH]c(N(C)c3cccc(NS(C)(=O)=O)c3)nc2-c2ccc3ncnn3c2)n1. The lowest BCUT2D eigenvalue weighted by atomic mass is 10.1. The Kier molecular flexibility index (Phi) is 5.25. The second-order valence-electron chi connectivity index (χ2n) is 7.91. The van der Waals surface area contributed by atoms with E-state index in [9.17, 15) is 8.42 Å². The first-order valence-corrected chi connectivity index (χ1v) is 12.3. The molecule has 0 atom stereocenters. The number of aromatic nitrogens is 6. The molecule has 1 aromatic carbocycles. The molecular weight excluding hydrogens is 452 g/mol. The number of hydrogen-bond donors (Lipinski definition) is 2. The van der Waals surface area contributed by atoms with Crippen LogP contribution in [-0.2, 0) is 10.0 Å². The maximum atomic E-state index is 11.7. The predicted octanol–water partition coefficient (Wildman–Crippen LogP) is 3.63. The van der Waals surface area contributed by atoms with Crippen molar-refractivity contribution in [1.29, 1.82) is 0 Å². The van der Waals surface area contributed by atoms with Crippen LogP contribution >= 0.6 is 0 Å². The van der Waals surface area contributed by atoms with Crippen LogP contribution in [0.2, 0.25) is 0 Å². The number of imidazole rings is 1. The van der Waals surface area contributed by atoms with E-state index in [0.717, 1.165) is 40.2 Å². The first kappa shape index (κ1) is 21.6. The fraction of sp³-hybridized carbons (Fsp3) is 0.130. The zero-order chi connectivity index (χ0) is 23.9. The van der Waals surface area contributed by atoms with Crippen LogP contribution in [0.3, 0.4) is 0 Å². The summed E-state index contributed by atoms with van der Waals surface area (Å²) in [5, 5.41) is 4.24. The summed E-state index contributed by atoms with van der Waals surface area (Å²) in [5.41, 5.74) is 5.92. The minimum atomic E-state index is -3.39. The molecule has 5 rings (SSSR count). The lowest BCUT2D eigenvalue weighted by Crippen LogP contribution is -2.13. The van der Waals surface area contributed by atoms with Crippen molar-refractivity contribution in [3.8, 4) is 22.6 Å². The third-order valence-corrected chi connectivity index (χ3v) is 5.84. The van der Waals surface area contributed by atoms with E-state index in [2.05, 4.69) is 24.8 Å². The summed E-state index contributed by atoms with van der Waals surface area (Å²) in [7, 11) is -1.53. The van der Waals surface area contributed by atoms with E-state index in [4.69, 9.17) is 4.98 Å². The number of fused-ring (bicyclic) bond motifs is 1. The zero-order valence-corrected chi connectivity index (χ0v) is 19.6. The van der Waals surface area contributed by atoms with Crippen LogP contribution in [0.5, 0.6) is 0 Å². The van der Waals surface area contributed by atoms with Crippen molar-refractivity contribution in [2.75, 3.05) is 22.9 Å². The van der Waals surface area contributed by atoms with Crippen molar-refractivity contribution in [2.24, 2.45) is 0 Å². The molecule has 0 amide bonds. The minimum absolute atomic E-state index is 0.468. The number of nitrogens with zero attached hydrogens (tertiary/aromatic N) is 6. The van der Waals surface area contributed by atoms with Crippen molar-refractivity contribution >= 4 is 33.0 Å². The first-order chi connectivity index (χ1) is 16.3. The second-order valence-corrected chi connectivity index (χ2v) is 9.66. The fourth-order valence-electron chi connectivity index (χ4n) is 3.67. The van der Waals surface area contributed by atoms with Gasteiger partial charge in [0, 0.05) is 30.2 Å². The molecule has 0 aliphatic rings. The first-order valence-electron chi connectivity index (χ1n) is 10.4. The summed E-state index contributed by atoms with van der Waals surface area (Å²) in [6, 6.07) is 16.7. The summed E-state index contributed by atoms with van der Waals surface area (Å²) < 4.78 is 27.5. The smallest absolute Gasteiger partial charge is 0.229 e. The molecular formula is C23H22N8O2S. The molecule has 0 radical (unpaired) electrons. The molecule has 0 aliphatic carbocycles. The van der Waals surface area contributed by atoms with Gasteiger partial charge in [-0.2, -0.15) is 5.10 Å². The Morgan fingerprint density at radius 1 is 1.06 bits per heavy atom. The predicted molar refractivity (Wildman–Crippen MR) is 132 cm³/mol. The van der Waals surface area contributed by atoms with Crippen LogP contribution in [0, 0.1) is 6.92 Å². The molecule has 0 unspecified atom stereocenters. The minimum Gasteiger partial charge on any atom is -0.322 e. The Hall–Kier alpha value is -4.25. The summed E-state index contributed by atoms with van der Waals surface area (Å²) in [5.74, 6) is 0.573. The Labute approximate surface area is 196 Å². The van der Waals surface area contributed by atoms with Crippen LogP contribution in [0.25, 0.3) is 28.3 Å². The van der Waals surface area contributed by atoms with E-state index in [1.807, 2.05) is 61.5 Å². The van der Waals surface area contributed by atoms with Gasteiger partial charge < -0.3 is 9.88 Å². The zero-order valence-electron chi connectivity index (χ0n) is 18.8. The number of hydrogen-bond acceptors (Lipinski definition) is 7. The van der Waals surface area contributed by atoms with Crippen LogP contribution < -0.4 is 9.62 Å². The van der Waals surface area contributed by atoms with Crippen molar-refractivity contribution in [3.63, 3.8) is 0 Å². The van der Waals surface area contributed by atoms with Gasteiger partial charge in [-0.05, 0) is 49.4 Å². The number of H-pyrrole nitrogens is 1. The highest BCUT2D eigenvalue weighted by Crippen LogP contribution is 2.34. The number of rotatable bonds is 6. The summed E-state index contributed by atoms with van der Waals surface area (Å²) in [4.78, 5) is 19.0. The van der Waals surface area contributed by atoms with E-state index < -0.39 is 10.0 Å². The molecule has 172 valence electrons. The van der Waals surface area contributed by atoms with Crippen molar-refractivity contribution in [1.82, 2.24) is 29.5 Å². The number of benzene rings is 1. The van der Waals surface area contributed by atoms with Gasteiger partial charge >= 0.3 is 0 Å². The van der Waals surface area contributed by atoms with Gasteiger partial charge in [-0.25, -0.2) is 22.9 Å². The quantitative estimate of drug-likeness (QED) is 0.385. The molecule has 0 fully saturated rings. The molecule has 0 saturated heterocycles. The fourth-order valence-corrected chi connectivity index (χ4v) is 4.22. The molecule has 10 nitrogen and oxygen atoms in total. The molecule has 4 heterocycles. The molecule has 4 aromatic heterocycles. The average Bonchev–Trinajstić information content (AvgIpc) is 3.44. The number of aryl methyl sites for hydroxylation is 1.